The average molecular weight is 319 g/mol. The van der Waals surface area contributed by atoms with Crippen LogP contribution >= 0.6 is 0 Å². The molecule has 6 nitrogen and oxygen atoms in total. The van der Waals surface area contributed by atoms with Gasteiger partial charge in [0.1, 0.15) is 6.10 Å². The third-order valence-electron chi connectivity index (χ3n) is 4.73. The van der Waals surface area contributed by atoms with Gasteiger partial charge in [-0.2, -0.15) is 0 Å². The maximum Gasteiger partial charge on any atom is 0.249 e. The molecule has 0 spiro atoms. The number of amides is 1. The molecular formula is C17H25N3O3. The van der Waals surface area contributed by atoms with E-state index in [9.17, 15) is 4.79 Å². The van der Waals surface area contributed by atoms with Crippen molar-refractivity contribution in [2.24, 2.45) is 0 Å². The molecule has 0 saturated carbocycles. The summed E-state index contributed by atoms with van der Waals surface area (Å²) >= 11 is 0. The second-order valence-corrected chi connectivity index (χ2v) is 6.20. The topological polar surface area (TPSA) is 63.7 Å². The molecule has 2 fully saturated rings. The molecule has 3 heterocycles. The predicted octanol–water partition coefficient (Wildman–Crippen LogP) is 0.966. The smallest absolute Gasteiger partial charge is 0.249 e. The van der Waals surface area contributed by atoms with Gasteiger partial charge in [-0.05, 0) is 30.9 Å². The van der Waals surface area contributed by atoms with E-state index in [0.717, 1.165) is 44.5 Å². The number of ether oxygens (including phenoxy) is 2. The largest absolute Gasteiger partial charge is 0.383 e. The van der Waals surface area contributed by atoms with Gasteiger partial charge in [0.15, 0.2) is 0 Å². The van der Waals surface area contributed by atoms with Gasteiger partial charge in [-0.15, -0.1) is 0 Å². The van der Waals surface area contributed by atoms with Crippen LogP contribution in [0.25, 0.3) is 0 Å². The zero-order valence-corrected chi connectivity index (χ0v) is 13.6. The molecule has 0 radical (unpaired) electrons. The molecule has 1 aromatic heterocycles. The van der Waals surface area contributed by atoms with Crippen LogP contribution in [0.5, 0.6) is 0 Å². The second kappa shape index (κ2) is 7.86. The molecule has 0 aliphatic carbocycles. The molecule has 2 aliphatic rings. The third-order valence-corrected chi connectivity index (χ3v) is 4.73. The molecule has 3 rings (SSSR count). The first-order chi connectivity index (χ1) is 11.3. The van der Waals surface area contributed by atoms with Crippen molar-refractivity contribution in [2.75, 3.05) is 26.8 Å². The van der Waals surface area contributed by atoms with E-state index in [0.29, 0.717) is 12.6 Å². The molecule has 23 heavy (non-hydrogen) atoms. The summed E-state index contributed by atoms with van der Waals surface area (Å²) in [5.74, 6) is -0.0114. The normalized spacial score (nSPS) is 27.6. The highest BCUT2D eigenvalue weighted by molar-refractivity contribution is 5.80. The quantitative estimate of drug-likeness (QED) is 0.846. The molecule has 2 aliphatic heterocycles. The van der Waals surface area contributed by atoms with Gasteiger partial charge in [0.2, 0.25) is 5.91 Å². The number of rotatable bonds is 6. The maximum absolute atomic E-state index is 12.3. The van der Waals surface area contributed by atoms with Crippen LogP contribution in [0.3, 0.4) is 0 Å². The Kier molecular flexibility index (Phi) is 5.59. The van der Waals surface area contributed by atoms with Crippen molar-refractivity contribution in [3.63, 3.8) is 0 Å². The molecule has 3 atom stereocenters. The summed E-state index contributed by atoms with van der Waals surface area (Å²) < 4.78 is 11.2. The molecule has 0 bridgehead atoms. The minimum Gasteiger partial charge on any atom is -0.383 e. The van der Waals surface area contributed by atoms with Crippen LogP contribution in [0.2, 0.25) is 0 Å². The summed E-state index contributed by atoms with van der Waals surface area (Å²) in [5.41, 5.74) is 1.00. The lowest BCUT2D eigenvalue weighted by Gasteiger charge is -2.35. The fourth-order valence-electron chi connectivity index (χ4n) is 3.50. The van der Waals surface area contributed by atoms with Gasteiger partial charge in [0.05, 0.1) is 12.7 Å². The zero-order chi connectivity index (χ0) is 16.1. The number of nitrogens with one attached hydrogen (secondary N) is 1. The fourth-order valence-corrected chi connectivity index (χ4v) is 3.50. The van der Waals surface area contributed by atoms with Gasteiger partial charge in [-0.3, -0.25) is 14.7 Å². The number of fused-ring (bicyclic) bond motifs is 1. The number of carbonyl (C=O) groups is 1. The first kappa shape index (κ1) is 16.4. The molecule has 6 heteroatoms. The Bertz CT molecular complexity index is 511. The van der Waals surface area contributed by atoms with Gasteiger partial charge >= 0.3 is 0 Å². The predicted molar refractivity (Wildman–Crippen MR) is 85.8 cm³/mol. The standard InChI is InChI=1S/C17H25N3O3/c1-22-10-9-20-8-6-15-14(20)4-5-16(23-15)17(21)19-12-13-3-2-7-18-11-13/h2-3,7,11,14-16H,4-6,8-10,12H2,1H3,(H,19,21)/t14-,15-,16-/m0/s1. The highest BCUT2D eigenvalue weighted by atomic mass is 16.5. The fraction of sp³-hybridized carbons (Fsp3) is 0.647. The van der Waals surface area contributed by atoms with Crippen molar-refractivity contribution >= 4 is 5.91 Å². The lowest BCUT2D eigenvalue weighted by atomic mass is 9.98. The summed E-state index contributed by atoms with van der Waals surface area (Å²) in [4.78, 5) is 18.8. The van der Waals surface area contributed by atoms with Crippen LogP contribution in [0.4, 0.5) is 0 Å². The number of carbonyl (C=O) groups excluding carboxylic acids is 1. The highest BCUT2D eigenvalue weighted by Gasteiger charge is 2.41. The van der Waals surface area contributed by atoms with Crippen molar-refractivity contribution in [3.05, 3.63) is 30.1 Å². The van der Waals surface area contributed by atoms with Gasteiger partial charge in [0, 0.05) is 45.2 Å². The number of hydrogen-bond acceptors (Lipinski definition) is 5. The molecule has 1 amide bonds. The number of nitrogens with zero attached hydrogens (tertiary/aromatic N) is 2. The van der Waals surface area contributed by atoms with Crippen LogP contribution in [-0.2, 0) is 20.8 Å². The van der Waals surface area contributed by atoms with Gasteiger partial charge in [0.25, 0.3) is 0 Å². The van der Waals surface area contributed by atoms with Crippen LogP contribution in [-0.4, -0.2) is 60.8 Å². The average Bonchev–Trinajstić information content (AvgIpc) is 3.01. The van der Waals surface area contributed by atoms with Gasteiger partial charge in [-0.1, -0.05) is 6.07 Å². The number of methoxy groups -OCH3 is 1. The van der Waals surface area contributed by atoms with E-state index < -0.39 is 0 Å². The Labute approximate surface area is 137 Å². The van der Waals surface area contributed by atoms with Crippen LogP contribution in [0.1, 0.15) is 24.8 Å². The number of aromatic nitrogens is 1. The monoisotopic (exact) mass is 319 g/mol. The maximum atomic E-state index is 12.3. The molecule has 0 aromatic carbocycles. The second-order valence-electron chi connectivity index (χ2n) is 6.20. The van der Waals surface area contributed by atoms with E-state index in [2.05, 4.69) is 15.2 Å². The van der Waals surface area contributed by atoms with Crippen molar-refractivity contribution < 1.29 is 14.3 Å². The summed E-state index contributed by atoms with van der Waals surface area (Å²) in [7, 11) is 1.73. The zero-order valence-electron chi connectivity index (χ0n) is 13.6. The lowest BCUT2D eigenvalue weighted by molar-refractivity contribution is -0.144. The molecular weight excluding hydrogens is 294 g/mol. The minimum atomic E-state index is -0.324. The van der Waals surface area contributed by atoms with E-state index in [1.54, 1.807) is 19.5 Å². The first-order valence-corrected chi connectivity index (χ1v) is 8.33. The van der Waals surface area contributed by atoms with E-state index in [-0.39, 0.29) is 18.1 Å². The van der Waals surface area contributed by atoms with E-state index in [1.165, 1.54) is 0 Å². The molecule has 0 unspecified atom stereocenters. The van der Waals surface area contributed by atoms with E-state index in [4.69, 9.17) is 9.47 Å². The minimum absolute atomic E-state index is 0.0114. The molecule has 1 N–H and O–H groups in total. The van der Waals surface area contributed by atoms with Crippen molar-refractivity contribution in [1.82, 2.24) is 15.2 Å². The van der Waals surface area contributed by atoms with Gasteiger partial charge < -0.3 is 14.8 Å². The Morgan fingerprint density at radius 2 is 2.39 bits per heavy atom. The molecule has 2 saturated heterocycles. The first-order valence-electron chi connectivity index (χ1n) is 8.33. The number of likely N-dealkylation sites (tertiary alicyclic amines) is 1. The van der Waals surface area contributed by atoms with E-state index >= 15 is 0 Å². The Morgan fingerprint density at radius 3 is 3.17 bits per heavy atom. The highest BCUT2D eigenvalue weighted by Crippen LogP contribution is 2.31. The third kappa shape index (κ3) is 4.07. The summed E-state index contributed by atoms with van der Waals surface area (Å²) in [6.45, 7) is 3.22. The molecule has 126 valence electrons. The SMILES string of the molecule is COCCN1CC[C@@H]2O[C@H](C(=O)NCc3cccnc3)CC[C@@H]21. The Hall–Kier alpha value is -1.50. The van der Waals surface area contributed by atoms with Crippen molar-refractivity contribution in [3.8, 4) is 0 Å². The lowest BCUT2D eigenvalue weighted by Crippen LogP contribution is -2.48. The van der Waals surface area contributed by atoms with Crippen LogP contribution < -0.4 is 5.32 Å². The Morgan fingerprint density at radius 1 is 1.48 bits per heavy atom. The van der Waals surface area contributed by atoms with E-state index in [1.807, 2.05) is 12.1 Å². The number of hydrogen-bond donors (Lipinski definition) is 1. The van der Waals surface area contributed by atoms with Crippen LogP contribution in [0.15, 0.2) is 24.5 Å². The molecule has 1 aromatic rings. The summed E-state index contributed by atoms with van der Waals surface area (Å²) in [6, 6.07) is 4.26. The van der Waals surface area contributed by atoms with Crippen molar-refractivity contribution in [2.45, 2.75) is 44.1 Å². The van der Waals surface area contributed by atoms with Crippen molar-refractivity contribution in [1.29, 1.82) is 0 Å². The summed E-state index contributed by atoms with van der Waals surface area (Å²) in [6.07, 6.45) is 6.14. The Balaban J connectivity index is 1.47. The summed E-state index contributed by atoms with van der Waals surface area (Å²) in [5, 5.41) is 2.96. The van der Waals surface area contributed by atoms with Crippen LogP contribution in [0, 0.1) is 0 Å². The van der Waals surface area contributed by atoms with Gasteiger partial charge in [-0.25, -0.2) is 0 Å². The number of pyridine rings is 1.